The summed E-state index contributed by atoms with van der Waals surface area (Å²) in [5, 5.41) is 9.47. The van der Waals surface area contributed by atoms with Crippen LogP contribution in [0.1, 0.15) is 25.8 Å². The molecule has 0 spiro atoms. The normalized spacial score (nSPS) is 11.3. The van der Waals surface area contributed by atoms with Gasteiger partial charge < -0.3 is 9.80 Å². The second-order valence-corrected chi connectivity index (χ2v) is 9.64. The fourth-order valence-electron chi connectivity index (χ4n) is 4.98. The predicted molar refractivity (Wildman–Crippen MR) is 173 cm³/mol. The highest BCUT2D eigenvalue weighted by Crippen LogP contribution is 2.37. The molecule has 0 N–H and O–H groups in total. The van der Waals surface area contributed by atoms with Crippen molar-refractivity contribution in [1.82, 2.24) is 0 Å². The van der Waals surface area contributed by atoms with E-state index < -0.39 is 0 Å². The Morgan fingerprint density at radius 3 is 1.71 bits per heavy atom. The number of benzene rings is 5. The van der Waals surface area contributed by atoms with Gasteiger partial charge in [-0.3, -0.25) is 0 Å². The number of hydrogen-bond acceptors (Lipinski definition) is 3. The Morgan fingerprint density at radius 1 is 0.634 bits per heavy atom. The van der Waals surface area contributed by atoms with E-state index in [1.54, 1.807) is 0 Å². The first-order valence-corrected chi connectivity index (χ1v) is 14.0. The van der Waals surface area contributed by atoms with Gasteiger partial charge in [-0.15, -0.1) is 0 Å². The van der Waals surface area contributed by atoms with E-state index in [1.165, 1.54) is 0 Å². The van der Waals surface area contributed by atoms with Crippen LogP contribution in [0, 0.1) is 11.3 Å². The minimum absolute atomic E-state index is 0.635. The van der Waals surface area contributed by atoms with Crippen molar-refractivity contribution in [1.29, 1.82) is 5.26 Å². The monoisotopic (exact) mass is 531 g/mol. The molecular formula is C38H33N3. The molecule has 0 aliphatic carbocycles. The molecule has 41 heavy (non-hydrogen) atoms. The smallest absolute Gasteiger partial charge is 0.0992 e. The van der Waals surface area contributed by atoms with Crippen molar-refractivity contribution in [2.45, 2.75) is 20.3 Å². The van der Waals surface area contributed by atoms with Crippen LogP contribution in [0.5, 0.6) is 0 Å². The van der Waals surface area contributed by atoms with Crippen LogP contribution in [0.4, 0.5) is 28.4 Å². The molecule has 3 nitrogen and oxygen atoms in total. The van der Waals surface area contributed by atoms with Gasteiger partial charge in [0.25, 0.3) is 0 Å². The van der Waals surface area contributed by atoms with Gasteiger partial charge in [0.05, 0.1) is 11.6 Å². The topological polar surface area (TPSA) is 30.3 Å². The zero-order chi connectivity index (χ0) is 28.4. The van der Waals surface area contributed by atoms with Gasteiger partial charge in [0.2, 0.25) is 0 Å². The molecule has 0 atom stereocenters. The summed E-state index contributed by atoms with van der Waals surface area (Å²) in [4.78, 5) is 4.47. The number of nitrogens with zero attached hydrogens (tertiary/aromatic N) is 3. The molecule has 0 aliphatic rings. The Balaban J connectivity index is 1.47. The standard InChI is InChI=1S/C38H33N3/c1-3-12-33(13-4-2)40(34-15-7-5-8-16-34)36-24-20-31(21-25-36)32-22-26-37(27-23-32)41(35-17-9-6-10-18-35)38-19-11-14-30(28-38)29-39/h3,5-28H,4H2,1-2H3/b12-3-,33-13+. The number of nitriles is 1. The van der Waals surface area contributed by atoms with Crippen LogP contribution >= 0.6 is 0 Å². The molecular weight excluding hydrogens is 498 g/mol. The van der Waals surface area contributed by atoms with E-state index in [4.69, 9.17) is 0 Å². The molecule has 0 saturated heterocycles. The molecule has 3 heteroatoms. The zero-order valence-electron chi connectivity index (χ0n) is 23.5. The van der Waals surface area contributed by atoms with Crippen molar-refractivity contribution in [3.05, 3.63) is 163 Å². The minimum atomic E-state index is 0.635. The van der Waals surface area contributed by atoms with E-state index >= 15 is 0 Å². The van der Waals surface area contributed by atoms with Crippen LogP contribution in [0.3, 0.4) is 0 Å². The average Bonchev–Trinajstić information content (AvgIpc) is 3.03. The molecule has 0 aliphatic heterocycles. The van der Waals surface area contributed by atoms with Gasteiger partial charge >= 0.3 is 0 Å². The van der Waals surface area contributed by atoms with E-state index in [0.29, 0.717) is 5.56 Å². The van der Waals surface area contributed by atoms with E-state index in [1.807, 2.05) is 48.5 Å². The van der Waals surface area contributed by atoms with Gasteiger partial charge in [-0.1, -0.05) is 85.8 Å². The molecule has 5 aromatic carbocycles. The fraction of sp³-hybridized carbons (Fsp3) is 0.0789. The zero-order valence-corrected chi connectivity index (χ0v) is 23.5. The van der Waals surface area contributed by atoms with Gasteiger partial charge in [-0.25, -0.2) is 0 Å². The molecule has 0 bridgehead atoms. The summed E-state index contributed by atoms with van der Waals surface area (Å²) >= 11 is 0. The molecule has 0 heterocycles. The molecule has 0 aromatic heterocycles. The Labute approximate surface area is 243 Å². The third kappa shape index (κ3) is 6.30. The molecule has 0 amide bonds. The van der Waals surface area contributed by atoms with Crippen molar-refractivity contribution in [3.63, 3.8) is 0 Å². The lowest BCUT2D eigenvalue weighted by molar-refractivity contribution is 1.13. The van der Waals surface area contributed by atoms with Gasteiger partial charge in [0.15, 0.2) is 0 Å². The summed E-state index contributed by atoms with van der Waals surface area (Å²) in [7, 11) is 0. The van der Waals surface area contributed by atoms with E-state index in [2.05, 4.69) is 133 Å². The number of rotatable bonds is 9. The van der Waals surface area contributed by atoms with Crippen LogP contribution in [0.2, 0.25) is 0 Å². The van der Waals surface area contributed by atoms with Crippen LogP contribution in [0.15, 0.2) is 157 Å². The van der Waals surface area contributed by atoms with E-state index in [9.17, 15) is 5.26 Å². The van der Waals surface area contributed by atoms with Gasteiger partial charge in [-0.05, 0) is 97.3 Å². The minimum Gasteiger partial charge on any atom is -0.311 e. The Hall–Kier alpha value is -5.33. The maximum atomic E-state index is 9.47. The maximum Gasteiger partial charge on any atom is 0.0992 e. The van der Waals surface area contributed by atoms with Gasteiger partial charge in [-0.2, -0.15) is 5.26 Å². The molecule has 5 aromatic rings. The van der Waals surface area contributed by atoms with Crippen LogP contribution in [-0.4, -0.2) is 0 Å². The maximum absolute atomic E-state index is 9.47. The largest absolute Gasteiger partial charge is 0.311 e. The number of hydrogen-bond donors (Lipinski definition) is 0. The van der Waals surface area contributed by atoms with E-state index in [0.717, 1.165) is 51.7 Å². The van der Waals surface area contributed by atoms with Crippen LogP contribution in [0.25, 0.3) is 11.1 Å². The molecule has 5 rings (SSSR count). The number of allylic oxidation sites excluding steroid dienone is 3. The van der Waals surface area contributed by atoms with Crippen LogP contribution in [-0.2, 0) is 0 Å². The summed E-state index contributed by atoms with van der Waals surface area (Å²) in [6, 6.07) is 48.0. The summed E-state index contributed by atoms with van der Waals surface area (Å²) in [5.41, 5.74) is 9.34. The van der Waals surface area contributed by atoms with Crippen LogP contribution < -0.4 is 9.80 Å². The molecule has 0 radical (unpaired) electrons. The molecule has 0 fully saturated rings. The van der Waals surface area contributed by atoms with E-state index in [-0.39, 0.29) is 0 Å². The highest BCUT2D eigenvalue weighted by Gasteiger charge is 2.15. The highest BCUT2D eigenvalue weighted by molar-refractivity contribution is 5.79. The highest BCUT2D eigenvalue weighted by atomic mass is 15.1. The Bertz CT molecular complexity index is 1660. The summed E-state index contributed by atoms with van der Waals surface area (Å²) in [5.74, 6) is 0. The van der Waals surface area contributed by atoms with Crippen molar-refractivity contribution < 1.29 is 0 Å². The Kier molecular flexibility index (Phi) is 8.74. The first kappa shape index (κ1) is 27.2. The van der Waals surface area contributed by atoms with Crippen molar-refractivity contribution in [2.24, 2.45) is 0 Å². The first-order chi connectivity index (χ1) is 20.2. The third-order valence-corrected chi connectivity index (χ3v) is 6.86. The third-order valence-electron chi connectivity index (χ3n) is 6.86. The fourth-order valence-corrected chi connectivity index (χ4v) is 4.98. The van der Waals surface area contributed by atoms with Crippen molar-refractivity contribution >= 4 is 28.4 Å². The molecule has 0 unspecified atom stereocenters. The quantitative estimate of drug-likeness (QED) is 0.177. The van der Waals surface area contributed by atoms with Crippen molar-refractivity contribution in [2.75, 3.05) is 9.80 Å². The second-order valence-electron chi connectivity index (χ2n) is 9.64. The SMILES string of the molecule is C/C=C\C(=C/CC)N(c1ccccc1)c1ccc(-c2ccc(N(c3ccccc3)c3cccc(C#N)c3)cc2)cc1. The summed E-state index contributed by atoms with van der Waals surface area (Å²) in [6.45, 7) is 4.22. The predicted octanol–water partition coefficient (Wildman–Crippen LogP) is 10.7. The molecule has 0 saturated carbocycles. The number of para-hydroxylation sites is 2. The van der Waals surface area contributed by atoms with Gasteiger partial charge in [0.1, 0.15) is 0 Å². The summed E-state index contributed by atoms with van der Waals surface area (Å²) < 4.78 is 0. The summed E-state index contributed by atoms with van der Waals surface area (Å²) in [6.07, 6.45) is 7.45. The molecule has 200 valence electrons. The van der Waals surface area contributed by atoms with Crippen molar-refractivity contribution in [3.8, 4) is 17.2 Å². The average molecular weight is 532 g/mol. The lowest BCUT2D eigenvalue weighted by atomic mass is 10.0. The van der Waals surface area contributed by atoms with Gasteiger partial charge in [0, 0.05) is 34.1 Å². The lowest BCUT2D eigenvalue weighted by Crippen LogP contribution is -2.15. The Morgan fingerprint density at radius 2 is 1.15 bits per heavy atom. The first-order valence-electron chi connectivity index (χ1n) is 14.0. The second kappa shape index (κ2) is 13.2. The lowest BCUT2D eigenvalue weighted by Gasteiger charge is -2.27. The number of anilines is 5.